The minimum absolute atomic E-state index is 0.894. The van der Waals surface area contributed by atoms with E-state index in [1.54, 1.807) is 0 Å². The molecule has 9 aromatic carbocycles. The first-order valence-corrected chi connectivity index (χ1v) is 19.0. The summed E-state index contributed by atoms with van der Waals surface area (Å²) in [6.07, 6.45) is 0. The van der Waals surface area contributed by atoms with Gasteiger partial charge in [0, 0.05) is 11.1 Å². The molecule has 0 unspecified atom stereocenters. The number of aromatic nitrogens is 6. The van der Waals surface area contributed by atoms with Crippen molar-refractivity contribution >= 4 is 88.0 Å². The second kappa shape index (κ2) is 10.9. The molecule has 260 valence electrons. The highest BCUT2D eigenvalue weighted by atomic mass is 15.2. The molecule has 0 saturated carbocycles. The maximum atomic E-state index is 5.32. The van der Waals surface area contributed by atoms with E-state index in [0.29, 0.717) is 0 Å². The predicted octanol–water partition coefficient (Wildman–Crippen LogP) is 12.3. The Labute approximate surface area is 319 Å². The van der Waals surface area contributed by atoms with Gasteiger partial charge in [-0.2, -0.15) is 0 Å². The van der Waals surface area contributed by atoms with Gasteiger partial charge in [-0.05, 0) is 105 Å². The lowest BCUT2D eigenvalue weighted by atomic mass is 9.93. The molecule has 0 aliphatic heterocycles. The van der Waals surface area contributed by atoms with Crippen LogP contribution in [-0.2, 0) is 0 Å². The van der Waals surface area contributed by atoms with Gasteiger partial charge >= 0.3 is 0 Å². The summed E-state index contributed by atoms with van der Waals surface area (Å²) >= 11 is 0. The second-order valence-corrected chi connectivity index (χ2v) is 14.7. The van der Waals surface area contributed by atoms with Crippen LogP contribution in [0.15, 0.2) is 182 Å². The van der Waals surface area contributed by atoms with Crippen molar-refractivity contribution in [3.05, 3.63) is 182 Å². The zero-order valence-electron chi connectivity index (χ0n) is 30.0. The molecule has 0 aliphatic carbocycles. The van der Waals surface area contributed by atoms with Crippen LogP contribution in [-0.4, -0.2) is 27.9 Å². The fourth-order valence-corrected chi connectivity index (χ4v) is 9.35. The molecule has 13 aromatic rings. The lowest BCUT2D eigenvalue weighted by Crippen LogP contribution is -1.97. The molecule has 4 aromatic heterocycles. The summed E-state index contributed by atoms with van der Waals surface area (Å²) in [6, 6.07) is 65.3. The minimum atomic E-state index is 0.894. The molecule has 0 spiro atoms. The van der Waals surface area contributed by atoms with E-state index < -0.39 is 0 Å². The average molecular weight is 715 g/mol. The Kier molecular flexibility index (Phi) is 5.80. The van der Waals surface area contributed by atoms with E-state index in [4.69, 9.17) is 9.97 Å². The number of para-hydroxylation sites is 5. The normalized spacial score (nSPS) is 12.3. The molecular formula is C50H30N6. The van der Waals surface area contributed by atoms with Gasteiger partial charge in [0.25, 0.3) is 0 Å². The molecule has 6 heteroatoms. The van der Waals surface area contributed by atoms with Crippen molar-refractivity contribution in [3.63, 3.8) is 0 Å². The first-order chi connectivity index (χ1) is 27.8. The molecule has 0 amide bonds. The van der Waals surface area contributed by atoms with E-state index in [9.17, 15) is 0 Å². The van der Waals surface area contributed by atoms with Crippen molar-refractivity contribution in [3.8, 4) is 22.5 Å². The summed E-state index contributed by atoms with van der Waals surface area (Å²) in [7, 11) is 0. The minimum Gasteiger partial charge on any atom is -0.278 e. The predicted molar refractivity (Wildman–Crippen MR) is 231 cm³/mol. The standard InChI is InChI=1S/C50H30N6/c1-2-13-33(14-3-1)53-43-27-25-31(29-46(43)54-41-22-10-8-20-39(41)51-49(53)54)32-26-28-44-47(30-32)55-42-23-11-9-21-40(42)52-50(55)56(44)45-24-12-19-38-36-16-5-4-15-34(36)35-17-6-7-18-37(35)48(38)45/h1-30H. The first-order valence-electron chi connectivity index (χ1n) is 19.0. The van der Waals surface area contributed by atoms with Crippen molar-refractivity contribution in [1.29, 1.82) is 0 Å². The van der Waals surface area contributed by atoms with Crippen molar-refractivity contribution in [1.82, 2.24) is 27.9 Å². The molecule has 4 heterocycles. The maximum absolute atomic E-state index is 5.32. The Morgan fingerprint density at radius 1 is 0.321 bits per heavy atom. The second-order valence-electron chi connectivity index (χ2n) is 14.7. The molecule has 0 aliphatic rings. The van der Waals surface area contributed by atoms with Gasteiger partial charge in [0.15, 0.2) is 0 Å². The number of hydrogen-bond acceptors (Lipinski definition) is 2. The fourth-order valence-electron chi connectivity index (χ4n) is 9.35. The van der Waals surface area contributed by atoms with E-state index in [0.717, 1.165) is 78.2 Å². The van der Waals surface area contributed by atoms with Crippen LogP contribution in [0.5, 0.6) is 0 Å². The summed E-state index contributed by atoms with van der Waals surface area (Å²) in [4.78, 5) is 10.5. The lowest BCUT2D eigenvalue weighted by Gasteiger charge is -2.15. The number of hydrogen-bond donors (Lipinski definition) is 0. The Bertz CT molecular complexity index is 3720. The SMILES string of the molecule is c1ccc(-n2c3ccc(-c4ccc5c(c4)n4c6ccccc6nc4n5-c4cccc5c6ccccc6c6ccccc6c45)cc3n3c4ccccc4nc23)cc1. The zero-order chi connectivity index (χ0) is 36.5. The molecule has 6 nitrogen and oxygen atoms in total. The number of fused-ring (bicyclic) bond motifs is 16. The average Bonchev–Trinajstić information content (AvgIpc) is 4.00. The number of rotatable bonds is 3. The highest BCUT2D eigenvalue weighted by molar-refractivity contribution is 6.27. The lowest BCUT2D eigenvalue weighted by molar-refractivity contribution is 1.11. The molecule has 0 fully saturated rings. The van der Waals surface area contributed by atoms with Crippen LogP contribution in [0.1, 0.15) is 0 Å². The van der Waals surface area contributed by atoms with Gasteiger partial charge < -0.3 is 0 Å². The Morgan fingerprint density at radius 2 is 0.786 bits per heavy atom. The van der Waals surface area contributed by atoms with Gasteiger partial charge in [0.05, 0.1) is 49.8 Å². The Balaban J connectivity index is 1.10. The summed E-state index contributed by atoms with van der Waals surface area (Å²) in [6.45, 7) is 0. The Hall–Kier alpha value is -7.70. The number of imidazole rings is 4. The van der Waals surface area contributed by atoms with Crippen LogP contribution in [0.3, 0.4) is 0 Å². The highest BCUT2D eigenvalue weighted by Crippen LogP contribution is 2.41. The number of nitrogens with zero attached hydrogens (tertiary/aromatic N) is 6. The molecule has 0 atom stereocenters. The van der Waals surface area contributed by atoms with Crippen molar-refractivity contribution in [2.24, 2.45) is 0 Å². The maximum Gasteiger partial charge on any atom is 0.220 e. The van der Waals surface area contributed by atoms with E-state index >= 15 is 0 Å². The van der Waals surface area contributed by atoms with Crippen LogP contribution >= 0.6 is 0 Å². The van der Waals surface area contributed by atoms with Crippen LogP contribution < -0.4 is 0 Å². The molecule has 0 radical (unpaired) electrons. The summed E-state index contributed by atoms with van der Waals surface area (Å²) in [5.74, 6) is 1.80. The summed E-state index contributed by atoms with van der Waals surface area (Å²) in [5, 5.41) is 7.47. The van der Waals surface area contributed by atoms with Gasteiger partial charge in [-0.3, -0.25) is 17.9 Å². The Morgan fingerprint density at radius 3 is 1.39 bits per heavy atom. The van der Waals surface area contributed by atoms with Crippen molar-refractivity contribution < 1.29 is 0 Å². The van der Waals surface area contributed by atoms with Crippen molar-refractivity contribution in [2.45, 2.75) is 0 Å². The van der Waals surface area contributed by atoms with E-state index in [-0.39, 0.29) is 0 Å². The topological polar surface area (TPSA) is 44.5 Å². The summed E-state index contributed by atoms with van der Waals surface area (Å²) in [5.41, 5.74) is 13.0. The highest BCUT2D eigenvalue weighted by Gasteiger charge is 2.22. The van der Waals surface area contributed by atoms with Gasteiger partial charge in [0.1, 0.15) is 0 Å². The summed E-state index contributed by atoms with van der Waals surface area (Å²) < 4.78 is 9.27. The molecule has 0 N–H and O–H groups in total. The third-order valence-electron chi connectivity index (χ3n) is 11.7. The quantitative estimate of drug-likeness (QED) is 0.171. The molecule has 0 bridgehead atoms. The van der Waals surface area contributed by atoms with Crippen LogP contribution in [0, 0.1) is 0 Å². The van der Waals surface area contributed by atoms with Gasteiger partial charge in [-0.25, -0.2) is 9.97 Å². The largest absolute Gasteiger partial charge is 0.278 e. The van der Waals surface area contributed by atoms with Gasteiger partial charge in [-0.15, -0.1) is 0 Å². The fraction of sp³-hybridized carbons (Fsp3) is 0. The zero-order valence-corrected chi connectivity index (χ0v) is 30.0. The van der Waals surface area contributed by atoms with E-state index in [1.165, 1.54) is 32.3 Å². The van der Waals surface area contributed by atoms with Crippen LogP contribution in [0.4, 0.5) is 0 Å². The van der Waals surface area contributed by atoms with E-state index in [1.807, 2.05) is 0 Å². The van der Waals surface area contributed by atoms with Crippen molar-refractivity contribution in [2.75, 3.05) is 0 Å². The third-order valence-corrected chi connectivity index (χ3v) is 11.7. The van der Waals surface area contributed by atoms with Crippen LogP contribution in [0.2, 0.25) is 0 Å². The monoisotopic (exact) mass is 714 g/mol. The first kappa shape index (κ1) is 29.7. The van der Waals surface area contributed by atoms with Gasteiger partial charge in [0.2, 0.25) is 11.6 Å². The van der Waals surface area contributed by atoms with Crippen LogP contribution in [0.25, 0.3) is 111 Å². The molecule has 13 rings (SSSR count). The van der Waals surface area contributed by atoms with E-state index in [2.05, 4.69) is 200 Å². The third kappa shape index (κ3) is 3.89. The smallest absolute Gasteiger partial charge is 0.220 e. The number of benzene rings is 9. The molecule has 56 heavy (non-hydrogen) atoms. The van der Waals surface area contributed by atoms with Gasteiger partial charge in [-0.1, -0.05) is 115 Å². The molecular weight excluding hydrogens is 685 g/mol. The molecule has 0 saturated heterocycles.